The number of halogens is 1. The van der Waals surface area contributed by atoms with Crippen molar-refractivity contribution in [2.24, 2.45) is 0 Å². The summed E-state index contributed by atoms with van der Waals surface area (Å²) in [6, 6.07) is 4.78. The summed E-state index contributed by atoms with van der Waals surface area (Å²) in [6.07, 6.45) is -0.111. The van der Waals surface area contributed by atoms with Crippen molar-refractivity contribution in [2.75, 3.05) is 31.1 Å². The summed E-state index contributed by atoms with van der Waals surface area (Å²) >= 11 is 6.16. The molecule has 36 heavy (non-hydrogen) atoms. The van der Waals surface area contributed by atoms with E-state index in [9.17, 15) is 28.1 Å². The van der Waals surface area contributed by atoms with Crippen LogP contribution < -0.4 is 4.90 Å². The maximum Gasteiger partial charge on any atom is 0.271 e. The molecule has 0 aliphatic carbocycles. The van der Waals surface area contributed by atoms with Crippen molar-refractivity contribution in [3.63, 3.8) is 0 Å². The van der Waals surface area contributed by atoms with Crippen molar-refractivity contribution in [3.05, 3.63) is 61.7 Å². The van der Waals surface area contributed by atoms with Crippen LogP contribution in [0.25, 0.3) is 0 Å². The molecule has 2 aliphatic rings. The normalized spacial score (nSPS) is 19.8. The second-order valence-corrected chi connectivity index (χ2v) is 11.5. The van der Waals surface area contributed by atoms with Gasteiger partial charge in [-0.3, -0.25) is 24.6 Å². The van der Waals surface area contributed by atoms with Gasteiger partial charge in [-0.15, -0.1) is 0 Å². The van der Waals surface area contributed by atoms with Gasteiger partial charge in [-0.25, -0.2) is 13.3 Å². The number of non-ortho nitro benzene ring substituents is 1. The second-order valence-electron chi connectivity index (χ2n) is 9.21. The highest BCUT2D eigenvalue weighted by molar-refractivity contribution is 7.89. The van der Waals surface area contributed by atoms with Gasteiger partial charge in [0.05, 0.1) is 33.0 Å². The lowest BCUT2D eigenvalue weighted by atomic mass is 10.0. The topological polar surface area (TPSA) is 121 Å². The fourth-order valence-electron chi connectivity index (χ4n) is 4.89. The summed E-state index contributed by atoms with van der Waals surface area (Å²) in [5.74, 6) is -1.04. The van der Waals surface area contributed by atoms with Gasteiger partial charge in [0.15, 0.2) is 0 Å². The third kappa shape index (κ3) is 4.40. The zero-order valence-electron chi connectivity index (χ0n) is 20.4. The molecule has 0 spiro atoms. The number of amides is 2. The molecule has 0 bridgehead atoms. The first kappa shape index (κ1) is 26.2. The van der Waals surface area contributed by atoms with E-state index in [4.69, 9.17) is 11.6 Å². The maximum atomic E-state index is 13.5. The molecule has 0 saturated carbocycles. The summed E-state index contributed by atoms with van der Waals surface area (Å²) in [6.45, 7) is 8.27. The predicted molar refractivity (Wildman–Crippen MR) is 135 cm³/mol. The number of piperazine rings is 1. The van der Waals surface area contributed by atoms with Crippen molar-refractivity contribution in [1.29, 1.82) is 0 Å². The standard InChI is InChI=1S/C24H27ClN4O6S/c1-14-11-15(2)17(4)23(16(14)3)36(34,35)27-9-7-26(8-10-27)21-13-22(30)28(24(21)31)20-12-18(29(32)33)5-6-19(20)25/h5-6,11-12,21H,7-10,13H2,1-4H3/t21-/m0/s1. The molecular weight excluding hydrogens is 508 g/mol. The van der Waals surface area contributed by atoms with Gasteiger partial charge in [0, 0.05) is 38.3 Å². The van der Waals surface area contributed by atoms with E-state index in [1.54, 1.807) is 18.7 Å². The molecule has 2 amide bonds. The number of nitro benzene ring substituents is 1. The van der Waals surface area contributed by atoms with Crippen LogP contribution in [0.3, 0.4) is 0 Å². The van der Waals surface area contributed by atoms with Gasteiger partial charge in [-0.1, -0.05) is 17.7 Å². The fraction of sp³-hybridized carbons (Fsp3) is 0.417. The number of imide groups is 1. The highest BCUT2D eigenvalue weighted by Crippen LogP contribution is 2.35. The maximum absolute atomic E-state index is 13.5. The van der Waals surface area contributed by atoms with Gasteiger partial charge in [0.1, 0.15) is 0 Å². The number of anilines is 1. The molecule has 10 nitrogen and oxygen atoms in total. The van der Waals surface area contributed by atoms with Crippen LogP contribution in [0.5, 0.6) is 0 Å². The molecule has 12 heteroatoms. The number of sulfonamides is 1. The van der Waals surface area contributed by atoms with Crippen LogP contribution in [0.1, 0.15) is 28.7 Å². The van der Waals surface area contributed by atoms with E-state index in [0.29, 0.717) is 4.90 Å². The number of hydrogen-bond donors (Lipinski definition) is 0. The summed E-state index contributed by atoms with van der Waals surface area (Å²) in [4.78, 5) is 39.5. The van der Waals surface area contributed by atoms with E-state index in [1.165, 1.54) is 16.4 Å². The number of benzene rings is 2. The van der Waals surface area contributed by atoms with E-state index >= 15 is 0 Å². The molecule has 0 aromatic heterocycles. The summed E-state index contributed by atoms with van der Waals surface area (Å²) in [7, 11) is -3.75. The molecular formula is C24H27ClN4O6S. The summed E-state index contributed by atoms with van der Waals surface area (Å²) in [5.41, 5.74) is 2.96. The quantitative estimate of drug-likeness (QED) is 0.328. The van der Waals surface area contributed by atoms with Crippen molar-refractivity contribution in [1.82, 2.24) is 9.21 Å². The fourth-order valence-corrected chi connectivity index (χ4v) is 7.09. The van der Waals surface area contributed by atoms with E-state index in [2.05, 4.69) is 0 Å². The number of nitrogens with zero attached hydrogens (tertiary/aromatic N) is 4. The van der Waals surface area contributed by atoms with E-state index < -0.39 is 32.8 Å². The molecule has 192 valence electrons. The lowest BCUT2D eigenvalue weighted by Gasteiger charge is -2.36. The van der Waals surface area contributed by atoms with Crippen LogP contribution in [0.2, 0.25) is 5.02 Å². The van der Waals surface area contributed by atoms with Crippen molar-refractivity contribution in [2.45, 2.75) is 45.1 Å². The number of hydrogen-bond acceptors (Lipinski definition) is 7. The van der Waals surface area contributed by atoms with Gasteiger partial charge in [-0.05, 0) is 56.0 Å². The third-order valence-corrected chi connectivity index (χ3v) is 9.61. The molecule has 0 N–H and O–H groups in total. The minimum absolute atomic E-state index is 0.0228. The Balaban J connectivity index is 1.53. The SMILES string of the molecule is Cc1cc(C)c(C)c(S(=O)(=O)N2CCN([C@H]3CC(=O)N(c4cc([N+](=O)[O-])ccc4Cl)C3=O)CC2)c1C. The Morgan fingerprint density at radius 1 is 0.972 bits per heavy atom. The number of rotatable bonds is 5. The van der Waals surface area contributed by atoms with E-state index in [0.717, 1.165) is 33.2 Å². The van der Waals surface area contributed by atoms with Gasteiger partial charge >= 0.3 is 0 Å². The first-order valence-electron chi connectivity index (χ1n) is 11.5. The van der Waals surface area contributed by atoms with Crippen LogP contribution in [0.4, 0.5) is 11.4 Å². The van der Waals surface area contributed by atoms with E-state index in [1.807, 2.05) is 19.9 Å². The second kappa shape index (κ2) is 9.55. The zero-order chi connectivity index (χ0) is 26.5. The van der Waals surface area contributed by atoms with Crippen LogP contribution in [0.15, 0.2) is 29.2 Å². The molecule has 1 atom stereocenters. The molecule has 2 aromatic carbocycles. The number of nitro groups is 1. The van der Waals surface area contributed by atoms with Crippen LogP contribution in [-0.4, -0.2) is 66.6 Å². The van der Waals surface area contributed by atoms with Crippen LogP contribution in [-0.2, 0) is 19.6 Å². The highest BCUT2D eigenvalue weighted by Gasteiger charge is 2.45. The van der Waals surface area contributed by atoms with Crippen molar-refractivity contribution >= 4 is 44.8 Å². The molecule has 2 fully saturated rings. The molecule has 2 saturated heterocycles. The highest BCUT2D eigenvalue weighted by atomic mass is 35.5. The third-order valence-electron chi connectivity index (χ3n) is 7.11. The first-order valence-corrected chi connectivity index (χ1v) is 13.3. The van der Waals surface area contributed by atoms with Crippen LogP contribution >= 0.6 is 11.6 Å². The molecule has 2 aromatic rings. The number of carbonyl (C=O) groups is 2. The summed E-state index contributed by atoms with van der Waals surface area (Å²) in [5, 5.41) is 11.2. The van der Waals surface area contributed by atoms with E-state index in [-0.39, 0.29) is 49.0 Å². The molecule has 2 aliphatic heterocycles. The summed E-state index contributed by atoms with van der Waals surface area (Å²) < 4.78 is 28.5. The Kier molecular flexibility index (Phi) is 6.95. The Labute approximate surface area is 214 Å². The monoisotopic (exact) mass is 534 g/mol. The first-order chi connectivity index (χ1) is 16.8. The smallest absolute Gasteiger partial charge is 0.271 e. The minimum Gasteiger partial charge on any atom is -0.289 e. The Bertz CT molecular complexity index is 1360. The van der Waals surface area contributed by atoms with Gasteiger partial charge in [0.25, 0.3) is 11.6 Å². The lowest BCUT2D eigenvalue weighted by Crippen LogP contribution is -2.53. The Morgan fingerprint density at radius 2 is 1.56 bits per heavy atom. The number of aryl methyl sites for hydroxylation is 2. The number of carbonyl (C=O) groups excluding carboxylic acids is 2. The largest absolute Gasteiger partial charge is 0.289 e. The average Bonchev–Trinajstić information content (AvgIpc) is 3.11. The lowest BCUT2D eigenvalue weighted by molar-refractivity contribution is -0.384. The van der Waals surface area contributed by atoms with Crippen molar-refractivity contribution < 1.29 is 22.9 Å². The van der Waals surface area contributed by atoms with Gasteiger partial charge in [0.2, 0.25) is 15.9 Å². The zero-order valence-corrected chi connectivity index (χ0v) is 22.0. The predicted octanol–water partition coefficient (Wildman–Crippen LogP) is 3.12. The Hall–Kier alpha value is -2.86. The van der Waals surface area contributed by atoms with Crippen molar-refractivity contribution in [3.8, 4) is 0 Å². The van der Waals surface area contributed by atoms with Gasteiger partial charge < -0.3 is 0 Å². The molecule has 4 rings (SSSR count). The van der Waals surface area contributed by atoms with Crippen LogP contribution in [0, 0.1) is 37.8 Å². The molecule has 0 radical (unpaired) electrons. The van der Waals surface area contributed by atoms with Gasteiger partial charge in [-0.2, -0.15) is 4.31 Å². The molecule has 2 heterocycles. The average molecular weight is 535 g/mol. The minimum atomic E-state index is -3.75. The Morgan fingerprint density at radius 3 is 2.11 bits per heavy atom. The molecule has 0 unspecified atom stereocenters.